The van der Waals surface area contributed by atoms with Gasteiger partial charge in [0.05, 0.1) is 6.61 Å². The molecule has 134 valence electrons. The summed E-state index contributed by atoms with van der Waals surface area (Å²) in [7, 11) is 0. The number of carboxylic acids is 1. The summed E-state index contributed by atoms with van der Waals surface area (Å²) < 4.78 is 11.3. The molecule has 2 atom stereocenters. The summed E-state index contributed by atoms with van der Waals surface area (Å²) in [5.41, 5.74) is -0.748. The molecule has 2 aliphatic heterocycles. The lowest BCUT2D eigenvalue weighted by atomic mass is 9.92. The highest BCUT2D eigenvalue weighted by Crippen LogP contribution is 2.30. The van der Waals surface area contributed by atoms with Crippen LogP contribution in [0.3, 0.4) is 0 Å². The number of amides is 3. The zero-order chi connectivity index (χ0) is 18.0. The zero-order valence-corrected chi connectivity index (χ0v) is 13.9. The van der Waals surface area contributed by atoms with Crippen molar-refractivity contribution in [1.82, 2.24) is 10.2 Å². The Bertz CT molecular complexity index is 683. The van der Waals surface area contributed by atoms with Gasteiger partial charge in [0.1, 0.15) is 17.8 Å². The maximum Gasteiger partial charge on any atom is 0.325 e. The number of hydrogen-bond acceptors (Lipinski definition) is 5. The number of carbonyl (C=O) groups is 3. The molecule has 25 heavy (non-hydrogen) atoms. The van der Waals surface area contributed by atoms with Crippen LogP contribution in [0.4, 0.5) is 4.79 Å². The Morgan fingerprint density at radius 1 is 1.36 bits per heavy atom. The number of benzene rings is 1. The van der Waals surface area contributed by atoms with Crippen LogP contribution in [0.25, 0.3) is 0 Å². The highest BCUT2D eigenvalue weighted by Gasteiger charge is 2.49. The van der Waals surface area contributed by atoms with Gasteiger partial charge in [-0.2, -0.15) is 0 Å². The molecular formula is C17H20N2O6. The lowest BCUT2D eigenvalue weighted by molar-refractivity contribution is -0.142. The van der Waals surface area contributed by atoms with Crippen molar-refractivity contribution in [3.63, 3.8) is 0 Å². The lowest BCUT2D eigenvalue weighted by Gasteiger charge is -2.25. The van der Waals surface area contributed by atoms with E-state index in [-0.39, 0.29) is 6.29 Å². The van der Waals surface area contributed by atoms with E-state index in [2.05, 4.69) is 5.32 Å². The van der Waals surface area contributed by atoms with Gasteiger partial charge in [-0.3, -0.25) is 14.5 Å². The molecule has 1 aromatic carbocycles. The number of nitrogens with zero attached hydrogens (tertiary/aromatic N) is 1. The van der Waals surface area contributed by atoms with E-state index in [4.69, 9.17) is 14.6 Å². The van der Waals surface area contributed by atoms with Crippen LogP contribution in [0.15, 0.2) is 24.3 Å². The Morgan fingerprint density at radius 2 is 2.08 bits per heavy atom. The molecule has 0 saturated carbocycles. The summed E-state index contributed by atoms with van der Waals surface area (Å²) in [6.07, 6.45) is 2.65. The Labute approximate surface area is 144 Å². The monoisotopic (exact) mass is 348 g/mol. The molecule has 0 aliphatic carbocycles. The van der Waals surface area contributed by atoms with Gasteiger partial charge in [-0.15, -0.1) is 0 Å². The van der Waals surface area contributed by atoms with Crippen LogP contribution in [0, 0.1) is 0 Å². The smallest absolute Gasteiger partial charge is 0.325 e. The number of nitrogens with one attached hydrogen (secondary N) is 1. The molecule has 8 nitrogen and oxygen atoms in total. The van der Waals surface area contributed by atoms with E-state index in [1.165, 1.54) is 0 Å². The van der Waals surface area contributed by atoms with E-state index in [9.17, 15) is 14.4 Å². The number of hydrogen-bond donors (Lipinski definition) is 2. The van der Waals surface area contributed by atoms with Gasteiger partial charge in [-0.25, -0.2) is 4.79 Å². The third-order valence-corrected chi connectivity index (χ3v) is 4.41. The summed E-state index contributed by atoms with van der Waals surface area (Å²) in [6.45, 7) is 1.57. The van der Waals surface area contributed by atoms with Crippen molar-refractivity contribution >= 4 is 17.9 Å². The number of ether oxygens (including phenoxy) is 2. The molecule has 2 fully saturated rings. The summed E-state index contributed by atoms with van der Waals surface area (Å²) in [4.78, 5) is 36.0. The second kappa shape index (κ2) is 6.72. The fraction of sp³-hybridized carbons (Fsp3) is 0.471. The van der Waals surface area contributed by atoms with Crippen molar-refractivity contribution in [2.24, 2.45) is 0 Å². The van der Waals surface area contributed by atoms with Gasteiger partial charge < -0.3 is 19.9 Å². The van der Waals surface area contributed by atoms with Crippen LogP contribution >= 0.6 is 0 Å². The second-order valence-corrected chi connectivity index (χ2v) is 6.28. The first-order chi connectivity index (χ1) is 11.9. The highest BCUT2D eigenvalue weighted by molar-refractivity contribution is 6.08. The summed E-state index contributed by atoms with van der Waals surface area (Å²) in [6, 6.07) is 6.06. The molecule has 3 amide bonds. The second-order valence-electron chi connectivity index (χ2n) is 6.28. The first kappa shape index (κ1) is 17.2. The number of aliphatic carboxylic acids is 1. The molecule has 2 heterocycles. The molecule has 2 N–H and O–H groups in total. The quantitative estimate of drug-likeness (QED) is 0.780. The third kappa shape index (κ3) is 3.43. The fourth-order valence-corrected chi connectivity index (χ4v) is 2.99. The van der Waals surface area contributed by atoms with E-state index in [0.717, 1.165) is 19.3 Å². The third-order valence-electron chi connectivity index (χ3n) is 4.41. The minimum absolute atomic E-state index is 0.269. The molecule has 8 heteroatoms. The first-order valence-electron chi connectivity index (χ1n) is 8.15. The van der Waals surface area contributed by atoms with Gasteiger partial charge in [0.25, 0.3) is 5.91 Å². The van der Waals surface area contributed by atoms with Crippen LogP contribution in [-0.4, -0.2) is 47.4 Å². The van der Waals surface area contributed by atoms with Gasteiger partial charge in [0.15, 0.2) is 6.29 Å². The Morgan fingerprint density at radius 3 is 2.68 bits per heavy atom. The number of carbonyl (C=O) groups excluding carboxylic acids is 2. The van der Waals surface area contributed by atoms with Gasteiger partial charge >= 0.3 is 12.0 Å². The Hall–Kier alpha value is -2.61. The molecule has 2 aliphatic rings. The Kier molecular flexibility index (Phi) is 4.63. The number of imide groups is 1. The van der Waals surface area contributed by atoms with E-state index in [1.54, 1.807) is 31.2 Å². The standard InChI is InChI=1S/C17H20N2O6/c1-17(15(22)19(10-13(20)21)16(23)18-17)11-5-7-12(8-6-11)25-14-4-2-3-9-24-14/h5-8,14H,2-4,9-10H2,1H3,(H,18,23)(H,20,21). The molecule has 0 radical (unpaired) electrons. The van der Waals surface area contributed by atoms with E-state index in [1.807, 2.05) is 0 Å². The van der Waals surface area contributed by atoms with Crippen molar-refractivity contribution in [3.8, 4) is 5.75 Å². The average molecular weight is 348 g/mol. The summed E-state index contributed by atoms with van der Waals surface area (Å²) in [5, 5.41) is 11.4. The lowest BCUT2D eigenvalue weighted by Crippen LogP contribution is -2.41. The normalized spacial score (nSPS) is 26.4. The van der Waals surface area contributed by atoms with Gasteiger partial charge in [0.2, 0.25) is 0 Å². The molecule has 2 unspecified atom stereocenters. The predicted octanol–water partition coefficient (Wildman–Crippen LogP) is 1.44. The predicted molar refractivity (Wildman–Crippen MR) is 85.9 cm³/mol. The molecule has 0 bridgehead atoms. The maximum absolute atomic E-state index is 12.5. The Balaban J connectivity index is 1.73. The topological polar surface area (TPSA) is 105 Å². The van der Waals surface area contributed by atoms with Gasteiger partial charge in [0, 0.05) is 6.42 Å². The summed E-state index contributed by atoms with van der Waals surface area (Å²) in [5.74, 6) is -1.23. The number of rotatable bonds is 5. The van der Waals surface area contributed by atoms with Crippen molar-refractivity contribution in [1.29, 1.82) is 0 Å². The van der Waals surface area contributed by atoms with Gasteiger partial charge in [-0.1, -0.05) is 12.1 Å². The molecular weight excluding hydrogens is 328 g/mol. The number of carboxylic acid groups (broad SMARTS) is 1. The van der Waals surface area contributed by atoms with E-state index >= 15 is 0 Å². The minimum atomic E-state index is -1.30. The first-order valence-corrected chi connectivity index (χ1v) is 8.15. The minimum Gasteiger partial charge on any atom is -0.480 e. The molecule has 2 saturated heterocycles. The fourth-order valence-electron chi connectivity index (χ4n) is 2.99. The molecule has 3 rings (SSSR count). The SMILES string of the molecule is CC1(c2ccc(OC3CCCCO3)cc2)NC(=O)N(CC(=O)O)C1=O. The van der Waals surface area contributed by atoms with E-state index in [0.29, 0.717) is 22.8 Å². The number of urea groups is 1. The highest BCUT2D eigenvalue weighted by atomic mass is 16.7. The van der Waals surface area contributed by atoms with Crippen LogP contribution in [0.5, 0.6) is 5.75 Å². The van der Waals surface area contributed by atoms with Crippen LogP contribution in [0.2, 0.25) is 0 Å². The van der Waals surface area contributed by atoms with Crippen LogP contribution in [-0.2, 0) is 19.9 Å². The summed E-state index contributed by atoms with van der Waals surface area (Å²) >= 11 is 0. The zero-order valence-electron chi connectivity index (χ0n) is 13.9. The molecule has 1 aromatic rings. The maximum atomic E-state index is 12.5. The van der Waals surface area contributed by atoms with Crippen molar-refractivity contribution in [2.75, 3.05) is 13.2 Å². The average Bonchev–Trinajstić information content (AvgIpc) is 2.80. The van der Waals surface area contributed by atoms with Crippen LogP contribution in [0.1, 0.15) is 31.7 Å². The van der Waals surface area contributed by atoms with E-state index < -0.39 is 30.0 Å². The van der Waals surface area contributed by atoms with Crippen molar-refractivity contribution in [3.05, 3.63) is 29.8 Å². The van der Waals surface area contributed by atoms with Crippen LogP contribution < -0.4 is 10.1 Å². The molecule has 0 aromatic heterocycles. The molecule has 0 spiro atoms. The van der Waals surface area contributed by atoms with Crippen molar-refractivity contribution < 1.29 is 29.0 Å². The van der Waals surface area contributed by atoms with Gasteiger partial charge in [-0.05, 0) is 37.5 Å². The largest absolute Gasteiger partial charge is 0.480 e. The van der Waals surface area contributed by atoms with Crippen molar-refractivity contribution in [2.45, 2.75) is 38.0 Å².